The Labute approximate surface area is 119 Å². The van der Waals surface area contributed by atoms with Crippen molar-refractivity contribution < 1.29 is 14.6 Å². The van der Waals surface area contributed by atoms with Crippen molar-refractivity contribution >= 4 is 5.91 Å². The summed E-state index contributed by atoms with van der Waals surface area (Å²) >= 11 is 0. The van der Waals surface area contributed by atoms with Crippen LogP contribution in [0.3, 0.4) is 0 Å². The summed E-state index contributed by atoms with van der Waals surface area (Å²) in [6.45, 7) is 2.24. The van der Waals surface area contributed by atoms with Crippen LogP contribution < -0.4 is 10.1 Å². The topological polar surface area (TPSA) is 82.3 Å². The average Bonchev–Trinajstić information content (AvgIpc) is 2.44. The quantitative estimate of drug-likeness (QED) is 0.752. The predicted octanol–water partition coefficient (Wildman–Crippen LogP) is 1.41. The molecule has 0 fully saturated rings. The van der Waals surface area contributed by atoms with Crippen LogP contribution >= 0.6 is 0 Å². The molecular formula is C15H20N2O3. The van der Waals surface area contributed by atoms with Gasteiger partial charge in [-0.3, -0.25) is 4.79 Å². The Kier molecular flexibility index (Phi) is 7.15. The first-order chi connectivity index (χ1) is 9.65. The zero-order valence-electron chi connectivity index (χ0n) is 11.6. The first-order valence-electron chi connectivity index (χ1n) is 6.69. The van der Waals surface area contributed by atoms with Crippen LogP contribution in [0.4, 0.5) is 0 Å². The lowest BCUT2D eigenvalue weighted by molar-refractivity contribution is -0.120. The molecule has 0 radical (unpaired) electrons. The summed E-state index contributed by atoms with van der Waals surface area (Å²) in [4.78, 5) is 11.7. The molecule has 2 N–H and O–H groups in total. The Hall–Kier alpha value is -2.06. The molecule has 5 nitrogen and oxygen atoms in total. The molecule has 0 aliphatic rings. The molecule has 20 heavy (non-hydrogen) atoms. The number of nitriles is 1. The van der Waals surface area contributed by atoms with E-state index in [-0.39, 0.29) is 25.5 Å². The maximum Gasteiger partial charge on any atom is 0.224 e. The number of ether oxygens (including phenoxy) is 1. The number of amides is 1. The molecule has 1 aromatic rings. The van der Waals surface area contributed by atoms with Gasteiger partial charge >= 0.3 is 0 Å². The number of rotatable bonds is 8. The highest BCUT2D eigenvalue weighted by molar-refractivity contribution is 5.78. The number of carbonyl (C=O) groups is 1. The Morgan fingerprint density at radius 2 is 2.35 bits per heavy atom. The fourth-order valence-corrected chi connectivity index (χ4v) is 1.78. The number of aliphatic hydroxyl groups is 1. The van der Waals surface area contributed by atoms with Gasteiger partial charge in [-0.15, -0.1) is 0 Å². The van der Waals surface area contributed by atoms with E-state index in [9.17, 15) is 9.90 Å². The van der Waals surface area contributed by atoms with E-state index in [1.165, 1.54) is 0 Å². The highest BCUT2D eigenvalue weighted by Gasteiger charge is 2.07. The van der Waals surface area contributed by atoms with Gasteiger partial charge in [-0.2, -0.15) is 5.26 Å². The lowest BCUT2D eigenvalue weighted by atomic mass is 10.1. The predicted molar refractivity (Wildman–Crippen MR) is 75.2 cm³/mol. The van der Waals surface area contributed by atoms with Crippen molar-refractivity contribution in [1.82, 2.24) is 5.32 Å². The van der Waals surface area contributed by atoms with Gasteiger partial charge in [0.15, 0.2) is 6.61 Å². The number of hydrogen-bond donors (Lipinski definition) is 2. The molecule has 0 heterocycles. The maximum absolute atomic E-state index is 11.7. The average molecular weight is 276 g/mol. The van der Waals surface area contributed by atoms with Crippen LogP contribution in [0.5, 0.6) is 5.75 Å². The number of aliphatic hydroxyl groups excluding tert-OH is 1. The minimum atomic E-state index is -0.491. The summed E-state index contributed by atoms with van der Waals surface area (Å²) in [7, 11) is 0. The van der Waals surface area contributed by atoms with Gasteiger partial charge in [0, 0.05) is 6.54 Å². The van der Waals surface area contributed by atoms with Crippen LogP contribution in [0.1, 0.15) is 25.3 Å². The second kappa shape index (κ2) is 8.94. The monoisotopic (exact) mass is 276 g/mol. The van der Waals surface area contributed by atoms with E-state index in [2.05, 4.69) is 5.32 Å². The van der Waals surface area contributed by atoms with Crippen molar-refractivity contribution in [3.63, 3.8) is 0 Å². The van der Waals surface area contributed by atoms with Crippen LogP contribution in [0.15, 0.2) is 24.3 Å². The van der Waals surface area contributed by atoms with E-state index in [1.807, 2.05) is 19.1 Å². The van der Waals surface area contributed by atoms with E-state index < -0.39 is 6.10 Å². The highest BCUT2D eigenvalue weighted by Crippen LogP contribution is 2.13. The zero-order chi connectivity index (χ0) is 14.8. The number of nitrogens with one attached hydrogen (secondary N) is 1. The van der Waals surface area contributed by atoms with Crippen LogP contribution in [-0.4, -0.2) is 30.3 Å². The molecule has 0 spiro atoms. The molecule has 0 saturated heterocycles. The molecule has 108 valence electrons. The molecule has 1 amide bonds. The van der Waals surface area contributed by atoms with Gasteiger partial charge in [0.2, 0.25) is 5.91 Å². The second-order valence-electron chi connectivity index (χ2n) is 4.52. The van der Waals surface area contributed by atoms with Crippen LogP contribution in [0, 0.1) is 11.3 Å². The largest absolute Gasteiger partial charge is 0.479 e. The van der Waals surface area contributed by atoms with Crippen LogP contribution in [-0.2, 0) is 11.2 Å². The third kappa shape index (κ3) is 6.21. The molecule has 0 aliphatic heterocycles. The van der Waals surface area contributed by atoms with Crippen molar-refractivity contribution in [3.8, 4) is 11.8 Å². The van der Waals surface area contributed by atoms with E-state index in [0.29, 0.717) is 12.2 Å². The maximum atomic E-state index is 11.7. The number of benzene rings is 1. The summed E-state index contributed by atoms with van der Waals surface area (Å²) in [5, 5.41) is 20.7. The van der Waals surface area contributed by atoms with Gasteiger partial charge in [0.25, 0.3) is 0 Å². The lowest BCUT2D eigenvalue weighted by Crippen LogP contribution is -2.33. The Balaban J connectivity index is 2.43. The molecule has 0 aromatic heterocycles. The molecule has 1 atom stereocenters. The summed E-state index contributed by atoms with van der Waals surface area (Å²) in [5.74, 6) is 0.431. The molecule has 0 aliphatic carbocycles. The highest BCUT2D eigenvalue weighted by atomic mass is 16.5. The molecular weight excluding hydrogens is 256 g/mol. The summed E-state index contributed by atoms with van der Waals surface area (Å²) in [5.41, 5.74) is 0.808. The Bertz CT molecular complexity index is 468. The van der Waals surface area contributed by atoms with E-state index in [0.717, 1.165) is 12.0 Å². The van der Waals surface area contributed by atoms with Gasteiger partial charge in [0.05, 0.1) is 12.5 Å². The second-order valence-corrected chi connectivity index (χ2v) is 4.52. The van der Waals surface area contributed by atoms with Gasteiger partial charge in [-0.05, 0) is 24.1 Å². The fourth-order valence-electron chi connectivity index (χ4n) is 1.78. The first kappa shape index (κ1) is 16.0. The van der Waals surface area contributed by atoms with Crippen LogP contribution in [0.25, 0.3) is 0 Å². The smallest absolute Gasteiger partial charge is 0.224 e. The van der Waals surface area contributed by atoms with Gasteiger partial charge in [-0.25, -0.2) is 0 Å². The number of hydrogen-bond acceptors (Lipinski definition) is 4. The third-order valence-electron chi connectivity index (χ3n) is 2.72. The number of carbonyl (C=O) groups excluding carboxylic acids is 1. The third-order valence-corrected chi connectivity index (χ3v) is 2.72. The molecule has 0 saturated carbocycles. The molecule has 5 heteroatoms. The molecule has 1 aromatic carbocycles. The Morgan fingerprint density at radius 1 is 1.55 bits per heavy atom. The molecule has 1 rings (SSSR count). The zero-order valence-corrected chi connectivity index (χ0v) is 11.6. The SMILES string of the molecule is CCCC(O)CNC(=O)Cc1cccc(OCC#N)c1. The lowest BCUT2D eigenvalue weighted by Gasteiger charge is -2.11. The summed E-state index contributed by atoms with van der Waals surface area (Å²) in [6, 6.07) is 8.97. The van der Waals surface area contributed by atoms with E-state index >= 15 is 0 Å². The van der Waals surface area contributed by atoms with Crippen molar-refractivity contribution in [2.45, 2.75) is 32.3 Å². The summed E-state index contributed by atoms with van der Waals surface area (Å²) < 4.78 is 5.17. The van der Waals surface area contributed by atoms with Gasteiger partial charge < -0.3 is 15.2 Å². The summed E-state index contributed by atoms with van der Waals surface area (Å²) in [6.07, 6.45) is 1.30. The fraction of sp³-hybridized carbons (Fsp3) is 0.467. The normalized spacial score (nSPS) is 11.4. The number of nitrogens with zero attached hydrogens (tertiary/aromatic N) is 1. The minimum absolute atomic E-state index is 0.0150. The standard InChI is InChI=1S/C15H20N2O3/c1-2-4-13(18)11-17-15(19)10-12-5-3-6-14(9-12)20-8-7-16/h3,5-6,9,13,18H,2,4,8,10-11H2,1H3,(H,17,19). The van der Waals surface area contributed by atoms with Crippen molar-refractivity contribution in [3.05, 3.63) is 29.8 Å². The van der Waals surface area contributed by atoms with Gasteiger partial charge in [0.1, 0.15) is 11.8 Å². The first-order valence-corrected chi connectivity index (χ1v) is 6.69. The minimum Gasteiger partial charge on any atom is -0.479 e. The van der Waals surface area contributed by atoms with Crippen molar-refractivity contribution in [1.29, 1.82) is 5.26 Å². The Morgan fingerprint density at radius 3 is 3.05 bits per heavy atom. The van der Waals surface area contributed by atoms with E-state index in [1.54, 1.807) is 18.2 Å². The van der Waals surface area contributed by atoms with Crippen molar-refractivity contribution in [2.75, 3.05) is 13.2 Å². The van der Waals surface area contributed by atoms with E-state index in [4.69, 9.17) is 10.00 Å². The van der Waals surface area contributed by atoms with Crippen LogP contribution in [0.2, 0.25) is 0 Å². The van der Waals surface area contributed by atoms with Crippen molar-refractivity contribution in [2.24, 2.45) is 0 Å². The molecule has 1 unspecified atom stereocenters. The van der Waals surface area contributed by atoms with Gasteiger partial charge in [-0.1, -0.05) is 25.5 Å². The molecule has 0 bridgehead atoms.